The first kappa shape index (κ1) is 23.3. The van der Waals surface area contributed by atoms with Crippen LogP contribution in [0.4, 0.5) is 4.79 Å². The summed E-state index contributed by atoms with van der Waals surface area (Å²) < 4.78 is 11.1. The Hall–Kier alpha value is -2.36. The van der Waals surface area contributed by atoms with Gasteiger partial charge in [0.1, 0.15) is 18.5 Å². The van der Waals surface area contributed by atoms with Crippen molar-refractivity contribution in [1.82, 2.24) is 21.5 Å². The number of hydrazine groups is 1. The standard InChI is InChI=1S/C22H35N5O4/c1-2-10-24-22(29)31-17-8-7-15(12-17)18-14-20(27-26-18)25-21(28)13-16-5-3-4-6-19(16)30-11-9-23/h3-6,15,17-18,20,26-27H,2,7-14,23H2,1H3,(H,24,29)(H,25,28)/t15-,17+,18?,20?/m1/s1. The van der Waals surface area contributed by atoms with Crippen LogP contribution in [-0.4, -0.2) is 50.0 Å². The van der Waals surface area contributed by atoms with Gasteiger partial charge in [0.25, 0.3) is 0 Å². The van der Waals surface area contributed by atoms with Crippen molar-refractivity contribution in [3.05, 3.63) is 29.8 Å². The van der Waals surface area contributed by atoms with E-state index in [4.69, 9.17) is 15.2 Å². The van der Waals surface area contributed by atoms with Crippen molar-refractivity contribution in [3.63, 3.8) is 0 Å². The Morgan fingerprint density at radius 2 is 2.03 bits per heavy atom. The molecule has 1 aromatic carbocycles. The highest BCUT2D eigenvalue weighted by Crippen LogP contribution is 2.33. The Balaban J connectivity index is 1.41. The molecule has 1 saturated heterocycles. The van der Waals surface area contributed by atoms with Crippen LogP contribution in [0.1, 0.15) is 44.6 Å². The van der Waals surface area contributed by atoms with Crippen LogP contribution in [0, 0.1) is 5.92 Å². The molecule has 0 spiro atoms. The highest BCUT2D eigenvalue weighted by atomic mass is 16.6. The minimum Gasteiger partial charge on any atom is -0.492 e. The van der Waals surface area contributed by atoms with E-state index < -0.39 is 0 Å². The second-order valence-electron chi connectivity index (χ2n) is 8.20. The van der Waals surface area contributed by atoms with Crippen LogP contribution in [0.2, 0.25) is 0 Å². The molecule has 1 aliphatic heterocycles. The number of alkyl carbamates (subject to hydrolysis) is 1. The molecule has 2 aliphatic rings. The number of hydrogen-bond donors (Lipinski definition) is 5. The lowest BCUT2D eigenvalue weighted by molar-refractivity contribution is -0.121. The molecule has 1 aliphatic carbocycles. The van der Waals surface area contributed by atoms with Gasteiger partial charge >= 0.3 is 6.09 Å². The molecule has 9 nitrogen and oxygen atoms in total. The van der Waals surface area contributed by atoms with E-state index in [-0.39, 0.29) is 36.7 Å². The zero-order valence-electron chi connectivity index (χ0n) is 18.2. The molecule has 1 aromatic rings. The van der Waals surface area contributed by atoms with E-state index >= 15 is 0 Å². The number of ether oxygens (including phenoxy) is 2. The average molecular weight is 434 g/mol. The molecule has 3 rings (SSSR count). The Kier molecular flexibility index (Phi) is 8.93. The second-order valence-corrected chi connectivity index (χ2v) is 8.20. The molecule has 0 radical (unpaired) electrons. The molecule has 2 fully saturated rings. The van der Waals surface area contributed by atoms with Crippen molar-refractivity contribution in [3.8, 4) is 5.75 Å². The molecule has 172 valence electrons. The van der Waals surface area contributed by atoms with Crippen LogP contribution in [0.25, 0.3) is 0 Å². The zero-order chi connectivity index (χ0) is 22.1. The van der Waals surface area contributed by atoms with E-state index in [1.165, 1.54) is 0 Å². The molecule has 2 unspecified atom stereocenters. The van der Waals surface area contributed by atoms with Gasteiger partial charge in [0, 0.05) is 24.7 Å². The van der Waals surface area contributed by atoms with Crippen LogP contribution in [-0.2, 0) is 16.0 Å². The van der Waals surface area contributed by atoms with Gasteiger partial charge in [-0.15, -0.1) is 0 Å². The number of carbonyl (C=O) groups excluding carboxylic acids is 2. The number of nitrogens with one attached hydrogen (secondary N) is 4. The molecular formula is C22H35N5O4. The average Bonchev–Trinajstić information content (AvgIpc) is 3.41. The molecule has 6 N–H and O–H groups in total. The largest absolute Gasteiger partial charge is 0.492 e. The summed E-state index contributed by atoms with van der Waals surface area (Å²) in [5.41, 5.74) is 12.8. The van der Waals surface area contributed by atoms with Gasteiger partial charge in [-0.3, -0.25) is 10.2 Å². The number of carbonyl (C=O) groups is 2. The lowest BCUT2D eigenvalue weighted by atomic mass is 9.96. The molecular weight excluding hydrogens is 398 g/mol. The number of hydrogen-bond acceptors (Lipinski definition) is 7. The third-order valence-electron chi connectivity index (χ3n) is 5.75. The summed E-state index contributed by atoms with van der Waals surface area (Å²) in [5.74, 6) is 1.03. The smallest absolute Gasteiger partial charge is 0.407 e. The third-order valence-corrected chi connectivity index (χ3v) is 5.75. The molecule has 4 atom stereocenters. The molecule has 0 aromatic heterocycles. The predicted molar refractivity (Wildman–Crippen MR) is 117 cm³/mol. The summed E-state index contributed by atoms with van der Waals surface area (Å²) in [5, 5.41) is 5.80. The van der Waals surface area contributed by atoms with Gasteiger partial charge in [0.2, 0.25) is 5.91 Å². The lowest BCUT2D eigenvalue weighted by Crippen LogP contribution is -2.45. The topological polar surface area (TPSA) is 127 Å². The summed E-state index contributed by atoms with van der Waals surface area (Å²) in [6, 6.07) is 7.75. The zero-order valence-corrected chi connectivity index (χ0v) is 18.2. The molecule has 0 bridgehead atoms. The highest BCUT2D eigenvalue weighted by molar-refractivity contribution is 5.79. The second kappa shape index (κ2) is 11.9. The van der Waals surface area contributed by atoms with Gasteiger partial charge in [-0.25, -0.2) is 10.2 Å². The fraction of sp³-hybridized carbons (Fsp3) is 0.636. The van der Waals surface area contributed by atoms with E-state index in [0.717, 1.165) is 37.7 Å². The van der Waals surface area contributed by atoms with E-state index in [1.807, 2.05) is 31.2 Å². The molecule has 31 heavy (non-hydrogen) atoms. The minimum absolute atomic E-state index is 0.0395. The maximum absolute atomic E-state index is 12.6. The number of amides is 2. The first-order valence-corrected chi connectivity index (χ1v) is 11.2. The highest BCUT2D eigenvalue weighted by Gasteiger charge is 2.37. The van der Waals surface area contributed by atoms with Gasteiger partial charge in [-0.2, -0.15) is 0 Å². The van der Waals surface area contributed by atoms with Gasteiger partial charge < -0.3 is 25.8 Å². The predicted octanol–water partition coefficient (Wildman–Crippen LogP) is 1.18. The lowest BCUT2D eigenvalue weighted by Gasteiger charge is -2.18. The molecule has 1 saturated carbocycles. The Morgan fingerprint density at radius 1 is 1.19 bits per heavy atom. The maximum atomic E-state index is 12.6. The van der Waals surface area contributed by atoms with Crippen molar-refractivity contribution < 1.29 is 19.1 Å². The Bertz CT molecular complexity index is 732. The maximum Gasteiger partial charge on any atom is 0.407 e. The van der Waals surface area contributed by atoms with Crippen molar-refractivity contribution in [1.29, 1.82) is 0 Å². The van der Waals surface area contributed by atoms with Crippen LogP contribution >= 0.6 is 0 Å². The number of rotatable bonds is 10. The molecule has 1 heterocycles. The van der Waals surface area contributed by atoms with Crippen LogP contribution < -0.4 is 32.0 Å². The van der Waals surface area contributed by atoms with Crippen molar-refractivity contribution in [2.24, 2.45) is 11.7 Å². The van der Waals surface area contributed by atoms with Crippen molar-refractivity contribution in [2.75, 3.05) is 19.7 Å². The van der Waals surface area contributed by atoms with Gasteiger partial charge in [0.15, 0.2) is 0 Å². The van der Waals surface area contributed by atoms with Crippen LogP contribution in [0.15, 0.2) is 24.3 Å². The normalized spacial score (nSPS) is 25.2. The van der Waals surface area contributed by atoms with E-state index in [1.54, 1.807) is 0 Å². The van der Waals surface area contributed by atoms with Gasteiger partial charge in [-0.1, -0.05) is 25.1 Å². The number of nitrogens with two attached hydrogens (primary N) is 1. The van der Waals surface area contributed by atoms with E-state index in [9.17, 15) is 9.59 Å². The number of para-hydroxylation sites is 1. The van der Waals surface area contributed by atoms with E-state index in [2.05, 4.69) is 21.5 Å². The Labute approximate surface area is 183 Å². The SMILES string of the molecule is CCCNC(=O)O[C@H]1CC[C@@H](C2CC(NC(=O)Cc3ccccc3OCCN)NN2)C1. The van der Waals surface area contributed by atoms with Crippen molar-refractivity contribution in [2.45, 2.75) is 63.8 Å². The van der Waals surface area contributed by atoms with Crippen molar-refractivity contribution >= 4 is 12.0 Å². The number of benzene rings is 1. The molecule has 9 heteroatoms. The fourth-order valence-corrected chi connectivity index (χ4v) is 4.23. The first-order chi connectivity index (χ1) is 15.1. The Morgan fingerprint density at radius 3 is 2.84 bits per heavy atom. The monoisotopic (exact) mass is 433 g/mol. The van der Waals surface area contributed by atoms with Crippen LogP contribution in [0.5, 0.6) is 5.75 Å². The fourth-order valence-electron chi connectivity index (χ4n) is 4.23. The van der Waals surface area contributed by atoms with Crippen LogP contribution in [0.3, 0.4) is 0 Å². The minimum atomic E-state index is -0.328. The molecule has 2 amide bonds. The quantitative estimate of drug-likeness (QED) is 0.375. The van der Waals surface area contributed by atoms with E-state index in [0.29, 0.717) is 31.4 Å². The summed E-state index contributed by atoms with van der Waals surface area (Å²) in [6.45, 7) is 3.49. The summed E-state index contributed by atoms with van der Waals surface area (Å²) in [4.78, 5) is 24.3. The van der Waals surface area contributed by atoms with Gasteiger partial charge in [0.05, 0.1) is 12.6 Å². The third kappa shape index (κ3) is 7.09. The summed E-state index contributed by atoms with van der Waals surface area (Å²) in [6.07, 6.45) is 4.13. The summed E-state index contributed by atoms with van der Waals surface area (Å²) >= 11 is 0. The summed E-state index contributed by atoms with van der Waals surface area (Å²) in [7, 11) is 0. The van der Waals surface area contributed by atoms with Gasteiger partial charge in [-0.05, 0) is 44.1 Å². The first-order valence-electron chi connectivity index (χ1n) is 11.2.